The average Bonchev–Trinajstić information content (AvgIpc) is 2.83. The molecule has 7 heteroatoms. The van der Waals surface area contributed by atoms with Crippen molar-refractivity contribution in [1.29, 1.82) is 0 Å². The molecule has 2 amide bonds. The largest absolute Gasteiger partial charge is 0.391 e. The molecule has 0 aromatic heterocycles. The summed E-state index contributed by atoms with van der Waals surface area (Å²) < 4.78 is 0. The number of aliphatic hydroxyl groups is 1. The zero-order valence-corrected chi connectivity index (χ0v) is 12.3. The first-order chi connectivity index (χ1) is 9.35. The smallest absolute Gasteiger partial charge is 0.242 e. The molecule has 20 heavy (non-hydrogen) atoms. The molecule has 0 saturated carbocycles. The summed E-state index contributed by atoms with van der Waals surface area (Å²) in [7, 11) is 3.34. The van der Waals surface area contributed by atoms with Gasteiger partial charge in [-0.1, -0.05) is 0 Å². The summed E-state index contributed by atoms with van der Waals surface area (Å²) in [6.45, 7) is 2.84. The molecule has 1 spiro atoms. The quantitative estimate of drug-likeness (QED) is 0.440. The van der Waals surface area contributed by atoms with Crippen molar-refractivity contribution in [3.8, 4) is 0 Å². The van der Waals surface area contributed by atoms with Gasteiger partial charge in [0.25, 0.3) is 0 Å². The molecule has 2 aliphatic rings. The van der Waals surface area contributed by atoms with Crippen LogP contribution >= 0.6 is 0 Å². The van der Waals surface area contributed by atoms with Crippen molar-refractivity contribution in [3.05, 3.63) is 0 Å². The van der Waals surface area contributed by atoms with Crippen LogP contribution in [-0.4, -0.2) is 72.7 Å². The number of likely N-dealkylation sites (N-methyl/N-ethyl adjacent to an activating group) is 1. The second-order valence-electron chi connectivity index (χ2n) is 6.00. The second-order valence-corrected chi connectivity index (χ2v) is 6.00. The Balaban J connectivity index is 1.85. The number of carbonyl (C=O) groups is 2. The van der Waals surface area contributed by atoms with Crippen molar-refractivity contribution in [3.63, 3.8) is 0 Å². The van der Waals surface area contributed by atoms with E-state index < -0.39 is 17.7 Å². The number of hydrogen-bond acceptors (Lipinski definition) is 5. The Hall–Kier alpha value is -1.18. The highest BCUT2D eigenvalue weighted by Crippen LogP contribution is 2.27. The first-order valence-electron chi connectivity index (χ1n) is 7.04. The Morgan fingerprint density at radius 3 is 2.70 bits per heavy atom. The van der Waals surface area contributed by atoms with Gasteiger partial charge in [0.05, 0.1) is 6.10 Å². The Labute approximate surface area is 119 Å². The van der Waals surface area contributed by atoms with Gasteiger partial charge in [-0.15, -0.1) is 0 Å². The molecule has 2 fully saturated rings. The number of aliphatic hydroxyl groups excluding tert-OH is 1. The zero-order chi connectivity index (χ0) is 14.9. The zero-order valence-electron chi connectivity index (χ0n) is 12.3. The molecule has 2 heterocycles. The molecule has 4 N–H and O–H groups in total. The van der Waals surface area contributed by atoms with Crippen molar-refractivity contribution in [1.82, 2.24) is 20.9 Å². The number of nitrogens with zero attached hydrogens (tertiary/aromatic N) is 1. The fourth-order valence-electron chi connectivity index (χ4n) is 2.81. The highest BCUT2D eigenvalue weighted by Gasteiger charge is 2.50. The fraction of sp³-hybridized carbons (Fsp3) is 0.846. The van der Waals surface area contributed by atoms with E-state index in [1.165, 1.54) is 4.90 Å². The summed E-state index contributed by atoms with van der Waals surface area (Å²) in [5.41, 5.74) is -0.391. The van der Waals surface area contributed by atoms with Crippen LogP contribution in [0.3, 0.4) is 0 Å². The molecule has 114 valence electrons. The normalized spacial score (nSPS) is 31.6. The molecule has 0 bridgehead atoms. The van der Waals surface area contributed by atoms with E-state index in [0.29, 0.717) is 13.1 Å². The minimum absolute atomic E-state index is 0.0662. The average molecular weight is 284 g/mol. The van der Waals surface area contributed by atoms with E-state index in [2.05, 4.69) is 16.0 Å². The third kappa shape index (κ3) is 2.79. The van der Waals surface area contributed by atoms with Crippen LogP contribution in [0.15, 0.2) is 0 Å². The van der Waals surface area contributed by atoms with E-state index >= 15 is 0 Å². The van der Waals surface area contributed by atoms with Gasteiger partial charge in [0.15, 0.2) is 0 Å². The molecule has 2 aliphatic heterocycles. The number of amides is 2. The van der Waals surface area contributed by atoms with Crippen LogP contribution in [0.5, 0.6) is 0 Å². The van der Waals surface area contributed by atoms with Gasteiger partial charge in [0.2, 0.25) is 11.8 Å². The van der Waals surface area contributed by atoms with Crippen LogP contribution < -0.4 is 16.0 Å². The second kappa shape index (κ2) is 5.67. The summed E-state index contributed by atoms with van der Waals surface area (Å²) in [4.78, 5) is 25.0. The van der Waals surface area contributed by atoms with E-state index in [0.717, 1.165) is 12.8 Å². The lowest BCUT2D eigenvalue weighted by Crippen LogP contribution is -2.71. The Kier molecular flexibility index (Phi) is 4.31. The lowest BCUT2D eigenvalue weighted by Gasteiger charge is -2.38. The maximum absolute atomic E-state index is 12.0. The molecule has 0 aliphatic carbocycles. The van der Waals surface area contributed by atoms with Gasteiger partial charge < -0.3 is 20.6 Å². The maximum Gasteiger partial charge on any atom is 0.242 e. The Morgan fingerprint density at radius 1 is 1.60 bits per heavy atom. The third-order valence-corrected chi connectivity index (χ3v) is 4.16. The standard InChI is InChI=1S/C13H24N4O3/c1-8(18)10(11(19)17(2)3)14-6-9-4-5-13(16-9)7-15-12(13)20/h8-10,14,16,18H,4-7H2,1-3H3,(H,15,20)/t8-,9?,10+,13?/m1/s1. The molecule has 2 rings (SSSR count). The van der Waals surface area contributed by atoms with Crippen LogP contribution in [0.1, 0.15) is 19.8 Å². The van der Waals surface area contributed by atoms with Crippen molar-refractivity contribution in [2.24, 2.45) is 0 Å². The monoisotopic (exact) mass is 284 g/mol. The van der Waals surface area contributed by atoms with Crippen LogP contribution in [0.25, 0.3) is 0 Å². The summed E-state index contributed by atoms with van der Waals surface area (Å²) >= 11 is 0. The SMILES string of the molecule is C[C@@H](O)[C@H](NCC1CCC2(CNC2=O)N1)C(=O)N(C)C. The van der Waals surface area contributed by atoms with Crippen molar-refractivity contribution >= 4 is 11.8 Å². The predicted molar refractivity (Wildman–Crippen MR) is 74.1 cm³/mol. The molecule has 4 atom stereocenters. The summed E-state index contributed by atoms with van der Waals surface area (Å²) in [6, 6.07) is -0.462. The molecular formula is C13H24N4O3. The lowest BCUT2D eigenvalue weighted by molar-refractivity contribution is -0.135. The number of β-lactam (4-membered cyclic amide) rings is 1. The summed E-state index contributed by atoms with van der Waals surface area (Å²) in [5, 5.41) is 18.9. The molecule has 2 unspecified atom stereocenters. The lowest BCUT2D eigenvalue weighted by atomic mass is 9.90. The molecular weight excluding hydrogens is 260 g/mol. The topological polar surface area (TPSA) is 93.7 Å². The van der Waals surface area contributed by atoms with Gasteiger partial charge in [0.1, 0.15) is 11.6 Å². The van der Waals surface area contributed by atoms with Gasteiger partial charge in [-0.05, 0) is 19.8 Å². The molecule has 0 aromatic carbocycles. The van der Waals surface area contributed by atoms with Gasteiger partial charge >= 0.3 is 0 Å². The van der Waals surface area contributed by atoms with Crippen molar-refractivity contribution in [2.75, 3.05) is 27.2 Å². The molecule has 0 radical (unpaired) electrons. The summed E-state index contributed by atoms with van der Waals surface area (Å²) in [5.74, 6) is -0.0782. The van der Waals surface area contributed by atoms with E-state index in [1.807, 2.05) is 0 Å². The fourth-order valence-corrected chi connectivity index (χ4v) is 2.81. The highest BCUT2D eigenvalue weighted by molar-refractivity contribution is 5.93. The highest BCUT2D eigenvalue weighted by atomic mass is 16.3. The van der Waals surface area contributed by atoms with Crippen molar-refractivity contribution < 1.29 is 14.7 Å². The van der Waals surface area contributed by atoms with Gasteiger partial charge in [-0.2, -0.15) is 0 Å². The Bertz CT molecular complexity index is 399. The predicted octanol–water partition coefficient (Wildman–Crippen LogP) is -1.97. The Morgan fingerprint density at radius 2 is 2.30 bits per heavy atom. The van der Waals surface area contributed by atoms with E-state index in [4.69, 9.17) is 0 Å². The van der Waals surface area contributed by atoms with E-state index in [1.54, 1.807) is 21.0 Å². The molecule has 0 aromatic rings. The third-order valence-electron chi connectivity index (χ3n) is 4.16. The minimum atomic E-state index is -0.757. The number of rotatable bonds is 5. The number of nitrogens with one attached hydrogen (secondary N) is 3. The van der Waals surface area contributed by atoms with E-state index in [-0.39, 0.29) is 17.9 Å². The summed E-state index contributed by atoms with van der Waals surface area (Å²) in [6.07, 6.45) is 0.960. The van der Waals surface area contributed by atoms with Crippen LogP contribution in [-0.2, 0) is 9.59 Å². The van der Waals surface area contributed by atoms with Crippen LogP contribution in [0.2, 0.25) is 0 Å². The first kappa shape index (κ1) is 15.2. The minimum Gasteiger partial charge on any atom is -0.391 e. The number of hydrogen-bond donors (Lipinski definition) is 4. The number of carbonyl (C=O) groups excluding carboxylic acids is 2. The van der Waals surface area contributed by atoms with Gasteiger partial charge in [-0.3, -0.25) is 14.9 Å². The van der Waals surface area contributed by atoms with E-state index in [9.17, 15) is 14.7 Å². The van der Waals surface area contributed by atoms with Gasteiger partial charge in [0, 0.05) is 33.2 Å². The maximum atomic E-state index is 12.0. The molecule has 2 saturated heterocycles. The van der Waals surface area contributed by atoms with Crippen LogP contribution in [0.4, 0.5) is 0 Å². The van der Waals surface area contributed by atoms with Gasteiger partial charge in [-0.25, -0.2) is 0 Å². The first-order valence-corrected chi connectivity index (χ1v) is 7.04. The van der Waals surface area contributed by atoms with Crippen LogP contribution in [0, 0.1) is 0 Å². The van der Waals surface area contributed by atoms with Crippen molar-refractivity contribution in [2.45, 2.75) is 43.5 Å². The molecule has 7 nitrogen and oxygen atoms in total.